The maximum atomic E-state index is 10.8. The molecule has 0 bridgehead atoms. The lowest BCUT2D eigenvalue weighted by molar-refractivity contribution is 0.0771. The smallest absolute Gasteiger partial charge is 0.350 e. The van der Waals surface area contributed by atoms with Crippen LogP contribution in [0.3, 0.4) is 0 Å². The standard InChI is InChI=1S/C7H6O5S/c8-4-1-3(7(11)12-13)2-5(9)6(4)10/h1-2,8-10,13H. The lowest BCUT2D eigenvalue weighted by Gasteiger charge is -2.02. The van der Waals surface area contributed by atoms with Crippen molar-refractivity contribution in [1.29, 1.82) is 0 Å². The predicted molar refractivity (Wildman–Crippen MR) is 45.8 cm³/mol. The van der Waals surface area contributed by atoms with Crippen LogP contribution in [-0.4, -0.2) is 21.3 Å². The molecule has 0 spiro atoms. The Bertz CT molecular complexity index is 326. The lowest BCUT2D eigenvalue weighted by atomic mass is 10.2. The topological polar surface area (TPSA) is 87.0 Å². The van der Waals surface area contributed by atoms with Crippen LogP contribution >= 0.6 is 12.9 Å². The van der Waals surface area contributed by atoms with Gasteiger partial charge in [0.1, 0.15) is 0 Å². The van der Waals surface area contributed by atoms with Crippen LogP contribution in [0.5, 0.6) is 17.2 Å². The summed E-state index contributed by atoms with van der Waals surface area (Å²) >= 11 is 3.25. The molecule has 0 aliphatic carbocycles. The molecule has 0 unspecified atom stereocenters. The molecule has 1 aromatic carbocycles. The van der Waals surface area contributed by atoms with E-state index in [-0.39, 0.29) is 5.56 Å². The molecule has 70 valence electrons. The Kier molecular flexibility index (Phi) is 2.52. The van der Waals surface area contributed by atoms with Crippen LogP contribution in [-0.2, 0) is 4.18 Å². The molecule has 0 fully saturated rings. The third-order valence-corrected chi connectivity index (χ3v) is 1.55. The maximum Gasteiger partial charge on any atom is 0.350 e. The number of carbonyl (C=O) groups is 1. The van der Waals surface area contributed by atoms with Crippen molar-refractivity contribution in [3.05, 3.63) is 17.7 Å². The van der Waals surface area contributed by atoms with Gasteiger partial charge in [-0.2, -0.15) is 0 Å². The summed E-state index contributed by atoms with van der Waals surface area (Å²) in [6.07, 6.45) is 0. The Hall–Kier alpha value is -1.56. The highest BCUT2D eigenvalue weighted by Crippen LogP contribution is 2.35. The summed E-state index contributed by atoms with van der Waals surface area (Å²) in [4.78, 5) is 10.8. The summed E-state index contributed by atoms with van der Waals surface area (Å²) in [5.41, 5.74) is -0.109. The van der Waals surface area contributed by atoms with Gasteiger partial charge in [0.25, 0.3) is 0 Å². The predicted octanol–water partition coefficient (Wildman–Crippen LogP) is 0.805. The first-order valence-corrected chi connectivity index (χ1v) is 3.53. The Labute approximate surface area is 78.8 Å². The third kappa shape index (κ3) is 1.78. The summed E-state index contributed by atoms with van der Waals surface area (Å²) in [7, 11) is 0. The first-order valence-electron chi connectivity index (χ1n) is 3.17. The van der Waals surface area contributed by atoms with Crippen molar-refractivity contribution in [2.45, 2.75) is 0 Å². The number of phenolic OH excluding ortho intramolecular Hbond substituents is 3. The highest BCUT2D eigenvalue weighted by atomic mass is 32.1. The number of phenols is 3. The molecule has 0 aliphatic rings. The minimum Gasteiger partial charge on any atom is -0.504 e. The van der Waals surface area contributed by atoms with E-state index in [4.69, 9.17) is 15.3 Å². The van der Waals surface area contributed by atoms with E-state index in [9.17, 15) is 4.79 Å². The van der Waals surface area contributed by atoms with E-state index in [1.807, 2.05) is 0 Å². The van der Waals surface area contributed by atoms with Crippen LogP contribution < -0.4 is 0 Å². The van der Waals surface area contributed by atoms with E-state index < -0.39 is 23.2 Å². The van der Waals surface area contributed by atoms with E-state index in [2.05, 4.69) is 17.1 Å². The van der Waals surface area contributed by atoms with E-state index in [1.54, 1.807) is 0 Å². The average molecular weight is 202 g/mol. The number of aromatic hydroxyl groups is 3. The molecule has 1 aromatic rings. The Morgan fingerprint density at radius 3 is 2.08 bits per heavy atom. The number of rotatable bonds is 1. The molecular weight excluding hydrogens is 196 g/mol. The molecule has 0 atom stereocenters. The Balaban J connectivity index is 3.20. The van der Waals surface area contributed by atoms with Crippen molar-refractivity contribution in [1.82, 2.24) is 0 Å². The Morgan fingerprint density at radius 2 is 1.69 bits per heavy atom. The lowest BCUT2D eigenvalue weighted by Crippen LogP contribution is -1.97. The number of carbonyl (C=O) groups excluding carboxylic acids is 1. The zero-order valence-corrected chi connectivity index (χ0v) is 7.15. The minimum atomic E-state index is -0.839. The van der Waals surface area contributed by atoms with Crippen LogP contribution in [0.1, 0.15) is 10.4 Å². The van der Waals surface area contributed by atoms with Crippen molar-refractivity contribution in [3.63, 3.8) is 0 Å². The van der Waals surface area contributed by atoms with Gasteiger partial charge in [-0.15, -0.1) is 0 Å². The van der Waals surface area contributed by atoms with E-state index in [0.717, 1.165) is 12.1 Å². The summed E-state index contributed by atoms with van der Waals surface area (Å²) in [5.74, 6) is -2.73. The second-order valence-electron chi connectivity index (χ2n) is 2.24. The van der Waals surface area contributed by atoms with Gasteiger partial charge in [-0.25, -0.2) is 4.79 Å². The van der Waals surface area contributed by atoms with Gasteiger partial charge in [-0.3, -0.25) is 0 Å². The van der Waals surface area contributed by atoms with Gasteiger partial charge in [0.2, 0.25) is 0 Å². The molecular formula is C7H6O5S. The van der Waals surface area contributed by atoms with Crippen molar-refractivity contribution < 1.29 is 24.3 Å². The van der Waals surface area contributed by atoms with Gasteiger partial charge >= 0.3 is 5.97 Å². The number of hydrogen-bond donors (Lipinski definition) is 4. The summed E-state index contributed by atoms with van der Waals surface area (Å²) in [5, 5.41) is 26.9. The van der Waals surface area contributed by atoms with Gasteiger partial charge in [-0.05, 0) is 12.1 Å². The SMILES string of the molecule is O=C(OS)c1cc(O)c(O)c(O)c1. The molecule has 5 nitrogen and oxygen atoms in total. The molecule has 3 N–H and O–H groups in total. The monoisotopic (exact) mass is 202 g/mol. The van der Waals surface area contributed by atoms with Gasteiger partial charge in [0.15, 0.2) is 17.2 Å². The molecule has 0 saturated heterocycles. The van der Waals surface area contributed by atoms with Crippen LogP contribution in [0, 0.1) is 0 Å². The zero-order valence-electron chi connectivity index (χ0n) is 6.26. The summed E-state index contributed by atoms with van der Waals surface area (Å²) in [6, 6.07) is 1.90. The molecule has 13 heavy (non-hydrogen) atoms. The van der Waals surface area contributed by atoms with Gasteiger partial charge in [-0.1, -0.05) is 0 Å². The van der Waals surface area contributed by atoms with Gasteiger partial charge in [0.05, 0.1) is 5.56 Å². The number of thiol groups is 1. The van der Waals surface area contributed by atoms with Crippen LogP contribution in [0.25, 0.3) is 0 Å². The quantitative estimate of drug-likeness (QED) is 0.307. The largest absolute Gasteiger partial charge is 0.504 e. The van der Waals surface area contributed by atoms with Gasteiger partial charge in [0, 0.05) is 12.9 Å². The Morgan fingerprint density at radius 1 is 1.23 bits per heavy atom. The normalized spacial score (nSPS) is 9.62. The van der Waals surface area contributed by atoms with E-state index in [0.29, 0.717) is 0 Å². The highest BCUT2D eigenvalue weighted by molar-refractivity contribution is 7.75. The molecule has 0 aromatic heterocycles. The number of benzene rings is 1. The van der Waals surface area contributed by atoms with Crippen LogP contribution in [0.15, 0.2) is 12.1 Å². The maximum absolute atomic E-state index is 10.8. The van der Waals surface area contributed by atoms with E-state index >= 15 is 0 Å². The fraction of sp³-hybridized carbons (Fsp3) is 0. The van der Waals surface area contributed by atoms with Crippen LogP contribution in [0.2, 0.25) is 0 Å². The number of hydrogen-bond acceptors (Lipinski definition) is 6. The molecule has 1 rings (SSSR count). The van der Waals surface area contributed by atoms with Crippen molar-refractivity contribution >= 4 is 18.9 Å². The second-order valence-corrected chi connectivity index (χ2v) is 2.42. The second kappa shape index (κ2) is 3.44. The molecule has 0 heterocycles. The van der Waals surface area contributed by atoms with Crippen molar-refractivity contribution in [2.75, 3.05) is 0 Å². The molecule has 0 amide bonds. The minimum absolute atomic E-state index is 0.109. The first-order chi connectivity index (χ1) is 6.06. The third-order valence-electron chi connectivity index (χ3n) is 1.39. The van der Waals surface area contributed by atoms with Gasteiger partial charge < -0.3 is 19.5 Å². The average Bonchev–Trinajstić information content (AvgIpc) is 2.12. The summed E-state index contributed by atoms with van der Waals surface area (Å²) in [6.45, 7) is 0. The first kappa shape index (κ1) is 9.53. The van der Waals surface area contributed by atoms with Crippen molar-refractivity contribution in [2.24, 2.45) is 0 Å². The molecule has 0 aliphatic heterocycles. The molecule has 0 radical (unpaired) electrons. The highest BCUT2D eigenvalue weighted by Gasteiger charge is 2.13. The fourth-order valence-corrected chi connectivity index (χ4v) is 0.880. The molecule has 0 saturated carbocycles. The zero-order chi connectivity index (χ0) is 10.0. The summed E-state index contributed by atoms with van der Waals surface area (Å²) < 4.78 is 4.04. The van der Waals surface area contributed by atoms with E-state index in [1.165, 1.54) is 0 Å². The molecule has 6 heteroatoms. The fourth-order valence-electron chi connectivity index (χ4n) is 0.775. The van der Waals surface area contributed by atoms with Crippen LogP contribution in [0.4, 0.5) is 0 Å². The van der Waals surface area contributed by atoms with Crippen molar-refractivity contribution in [3.8, 4) is 17.2 Å².